The maximum Gasteiger partial charge on any atom is 0.311 e. The zero-order valence-electron chi connectivity index (χ0n) is 12.8. The van der Waals surface area contributed by atoms with E-state index < -0.39 is 29.1 Å². The third kappa shape index (κ3) is 5.09. The molecule has 3 N–H and O–H groups in total. The van der Waals surface area contributed by atoms with Gasteiger partial charge in [0.15, 0.2) is 0 Å². The molecule has 4 atom stereocenters. The minimum Gasteiger partial charge on any atom is -0.465 e. The number of rotatable bonds is 6. The van der Waals surface area contributed by atoms with Crippen LogP contribution in [0.5, 0.6) is 0 Å². The summed E-state index contributed by atoms with van der Waals surface area (Å²) in [5.74, 6) is -0.829. The third-order valence-corrected chi connectivity index (χ3v) is 3.29. The van der Waals surface area contributed by atoms with Crippen molar-refractivity contribution < 1.29 is 24.9 Å². The number of ether oxygens (including phenoxy) is 1. The molecule has 0 unspecified atom stereocenters. The lowest BCUT2D eigenvalue weighted by molar-refractivity contribution is -0.168. The van der Waals surface area contributed by atoms with Gasteiger partial charge in [0.25, 0.3) is 0 Å². The fourth-order valence-corrected chi connectivity index (χ4v) is 1.70. The summed E-state index contributed by atoms with van der Waals surface area (Å²) >= 11 is 0. The van der Waals surface area contributed by atoms with Gasteiger partial charge < -0.3 is 20.1 Å². The zero-order chi connectivity index (χ0) is 15.4. The topological polar surface area (TPSA) is 87.0 Å². The molecule has 0 saturated carbocycles. The molecular formula is C14H28O5. The van der Waals surface area contributed by atoms with Gasteiger partial charge in [-0.2, -0.15) is 0 Å². The van der Waals surface area contributed by atoms with E-state index in [-0.39, 0.29) is 12.6 Å². The van der Waals surface area contributed by atoms with Gasteiger partial charge in [0.2, 0.25) is 0 Å². The Morgan fingerprint density at radius 3 is 2.05 bits per heavy atom. The summed E-state index contributed by atoms with van der Waals surface area (Å²) in [6.07, 6.45) is -1.86. The first kappa shape index (κ1) is 18.4. The van der Waals surface area contributed by atoms with Gasteiger partial charge in [-0.15, -0.1) is 0 Å². The van der Waals surface area contributed by atoms with Crippen molar-refractivity contribution >= 4 is 5.97 Å². The Bertz CT molecular complexity index is 293. The molecule has 0 aliphatic heterocycles. The van der Waals surface area contributed by atoms with Crippen LogP contribution in [0.25, 0.3) is 0 Å². The van der Waals surface area contributed by atoms with Crippen molar-refractivity contribution in [3.8, 4) is 0 Å². The summed E-state index contributed by atoms with van der Waals surface area (Å²) < 4.78 is 5.11. The molecule has 0 aliphatic rings. The highest BCUT2D eigenvalue weighted by atomic mass is 16.5. The molecule has 0 radical (unpaired) electrons. The van der Waals surface area contributed by atoms with E-state index in [1.807, 2.05) is 0 Å². The van der Waals surface area contributed by atoms with Crippen LogP contribution in [0.15, 0.2) is 0 Å². The van der Waals surface area contributed by atoms with Crippen LogP contribution in [0, 0.1) is 11.3 Å². The van der Waals surface area contributed by atoms with Crippen LogP contribution in [0.1, 0.15) is 48.0 Å². The summed E-state index contributed by atoms with van der Waals surface area (Å²) in [5.41, 5.74) is -2.22. The minimum absolute atomic E-state index is 0.00382. The molecular weight excluding hydrogens is 248 g/mol. The monoisotopic (exact) mass is 276 g/mol. The average molecular weight is 276 g/mol. The van der Waals surface area contributed by atoms with Crippen molar-refractivity contribution in [1.29, 1.82) is 0 Å². The Kier molecular flexibility index (Phi) is 6.45. The minimum atomic E-state index is -1.62. The van der Waals surface area contributed by atoms with Crippen LogP contribution in [0.2, 0.25) is 0 Å². The molecule has 0 saturated heterocycles. The molecule has 0 aromatic rings. The molecule has 5 heteroatoms. The SMILES string of the molecule is CC[C@@H](O)[C@@](C)(O)[C@H](O)[C@@H](C)COC(=O)C(C)(C)C. The molecule has 0 heterocycles. The van der Waals surface area contributed by atoms with E-state index in [4.69, 9.17) is 4.74 Å². The standard InChI is InChI=1S/C14H28O5/c1-7-10(15)14(6,18)11(16)9(2)8-19-12(17)13(3,4)5/h9-11,15-16,18H,7-8H2,1-6H3/t9-,10+,11+,14+/m0/s1. The highest BCUT2D eigenvalue weighted by molar-refractivity contribution is 5.75. The van der Waals surface area contributed by atoms with E-state index in [0.717, 1.165) is 0 Å². The van der Waals surface area contributed by atoms with Gasteiger partial charge in [-0.1, -0.05) is 13.8 Å². The smallest absolute Gasteiger partial charge is 0.311 e. The second-order valence-corrected chi connectivity index (χ2v) is 6.42. The number of carbonyl (C=O) groups is 1. The molecule has 0 rings (SSSR count). The highest BCUT2D eigenvalue weighted by Gasteiger charge is 2.40. The van der Waals surface area contributed by atoms with Crippen LogP contribution in [0.3, 0.4) is 0 Å². The maximum atomic E-state index is 11.6. The average Bonchev–Trinajstić information content (AvgIpc) is 2.31. The number of esters is 1. The van der Waals surface area contributed by atoms with Crippen LogP contribution in [-0.2, 0) is 9.53 Å². The fourth-order valence-electron chi connectivity index (χ4n) is 1.70. The molecule has 0 aromatic carbocycles. The molecule has 5 nitrogen and oxygen atoms in total. The van der Waals surface area contributed by atoms with E-state index >= 15 is 0 Å². The van der Waals surface area contributed by atoms with Gasteiger partial charge in [0.1, 0.15) is 5.60 Å². The lowest BCUT2D eigenvalue weighted by atomic mass is 9.84. The second-order valence-electron chi connectivity index (χ2n) is 6.42. The Morgan fingerprint density at radius 2 is 1.68 bits per heavy atom. The lowest BCUT2D eigenvalue weighted by Gasteiger charge is -2.36. The van der Waals surface area contributed by atoms with Gasteiger partial charge >= 0.3 is 5.97 Å². The van der Waals surface area contributed by atoms with Crippen LogP contribution < -0.4 is 0 Å². The number of hydrogen-bond acceptors (Lipinski definition) is 5. The van der Waals surface area contributed by atoms with Crippen molar-refractivity contribution in [3.63, 3.8) is 0 Å². The molecule has 0 fully saturated rings. The first-order valence-corrected chi connectivity index (χ1v) is 6.70. The van der Waals surface area contributed by atoms with Crippen molar-refractivity contribution in [1.82, 2.24) is 0 Å². The zero-order valence-corrected chi connectivity index (χ0v) is 12.8. The summed E-state index contributed by atoms with van der Waals surface area (Å²) in [5, 5.41) is 29.9. The summed E-state index contributed by atoms with van der Waals surface area (Å²) in [7, 11) is 0. The third-order valence-electron chi connectivity index (χ3n) is 3.29. The van der Waals surface area contributed by atoms with Gasteiger partial charge in [0, 0.05) is 5.92 Å². The maximum absolute atomic E-state index is 11.6. The number of hydrogen-bond donors (Lipinski definition) is 3. The van der Waals surface area contributed by atoms with Gasteiger partial charge in [-0.3, -0.25) is 4.79 Å². The van der Waals surface area contributed by atoms with Crippen molar-refractivity contribution in [3.05, 3.63) is 0 Å². The quantitative estimate of drug-likeness (QED) is 0.632. The molecule has 114 valence electrons. The number of aliphatic hydroxyl groups is 3. The Morgan fingerprint density at radius 1 is 1.21 bits per heavy atom. The van der Waals surface area contributed by atoms with E-state index in [2.05, 4.69) is 0 Å². The highest BCUT2D eigenvalue weighted by Crippen LogP contribution is 2.24. The fraction of sp³-hybridized carbons (Fsp3) is 0.929. The number of carbonyl (C=O) groups excluding carboxylic acids is 1. The van der Waals surface area contributed by atoms with E-state index in [1.54, 1.807) is 34.6 Å². The van der Waals surface area contributed by atoms with Crippen LogP contribution in [-0.4, -0.2) is 45.7 Å². The lowest BCUT2D eigenvalue weighted by Crippen LogP contribution is -2.53. The van der Waals surface area contributed by atoms with E-state index in [9.17, 15) is 20.1 Å². The molecule has 0 bridgehead atoms. The first-order chi connectivity index (χ1) is 8.44. The van der Waals surface area contributed by atoms with Crippen molar-refractivity contribution in [2.45, 2.75) is 65.8 Å². The Labute approximate surface area is 115 Å². The molecule has 0 aromatic heterocycles. The Balaban J connectivity index is 4.51. The van der Waals surface area contributed by atoms with Crippen LogP contribution in [0.4, 0.5) is 0 Å². The number of aliphatic hydroxyl groups excluding tert-OH is 2. The summed E-state index contributed by atoms with van der Waals surface area (Å²) in [6, 6.07) is 0. The van der Waals surface area contributed by atoms with Crippen molar-refractivity contribution in [2.24, 2.45) is 11.3 Å². The van der Waals surface area contributed by atoms with E-state index in [0.29, 0.717) is 6.42 Å². The van der Waals surface area contributed by atoms with Gasteiger partial charge in [-0.25, -0.2) is 0 Å². The van der Waals surface area contributed by atoms with Crippen molar-refractivity contribution in [2.75, 3.05) is 6.61 Å². The van der Waals surface area contributed by atoms with Gasteiger partial charge in [-0.05, 0) is 34.1 Å². The molecule has 0 spiro atoms. The van der Waals surface area contributed by atoms with Gasteiger partial charge in [0.05, 0.1) is 24.2 Å². The molecule has 19 heavy (non-hydrogen) atoms. The molecule has 0 aliphatic carbocycles. The Hall–Kier alpha value is -0.650. The van der Waals surface area contributed by atoms with E-state index in [1.165, 1.54) is 6.92 Å². The first-order valence-electron chi connectivity index (χ1n) is 6.70. The predicted molar refractivity (Wildman–Crippen MR) is 72.5 cm³/mol. The largest absolute Gasteiger partial charge is 0.465 e. The summed E-state index contributed by atoms with van der Waals surface area (Å²) in [4.78, 5) is 11.6. The second kappa shape index (κ2) is 6.68. The predicted octanol–water partition coefficient (Wildman–Crippen LogP) is 1.09. The summed E-state index contributed by atoms with van der Waals surface area (Å²) in [6.45, 7) is 10.00. The molecule has 0 amide bonds. The normalized spacial score (nSPS) is 20.3. The van der Waals surface area contributed by atoms with Crippen LogP contribution >= 0.6 is 0 Å².